The van der Waals surface area contributed by atoms with Crippen molar-refractivity contribution in [3.05, 3.63) is 0 Å². The van der Waals surface area contributed by atoms with Crippen LogP contribution < -0.4 is 0 Å². The third-order valence-corrected chi connectivity index (χ3v) is 1.98. The Kier molecular flexibility index (Phi) is 1.98. The van der Waals surface area contributed by atoms with Gasteiger partial charge in [-0.2, -0.15) is 8.42 Å². The van der Waals surface area contributed by atoms with Gasteiger partial charge in [0, 0.05) is 12.8 Å². The predicted molar refractivity (Wildman–Crippen MR) is 33.4 cm³/mol. The molecule has 5 heteroatoms. The van der Waals surface area contributed by atoms with E-state index in [1.165, 1.54) is 0 Å². The molecule has 1 aliphatic rings. The third kappa shape index (κ3) is 2.24. The van der Waals surface area contributed by atoms with E-state index in [0.717, 1.165) is 6.26 Å². The molecule has 0 saturated heterocycles. The van der Waals surface area contributed by atoms with Gasteiger partial charge in [0.1, 0.15) is 0 Å². The molecule has 0 N–H and O–H groups in total. The first-order valence-electron chi connectivity index (χ1n) is 3.01. The number of hydrogen-bond acceptors (Lipinski definition) is 3. The van der Waals surface area contributed by atoms with E-state index < -0.39 is 16.2 Å². The van der Waals surface area contributed by atoms with Crippen molar-refractivity contribution in [2.24, 2.45) is 0 Å². The molecule has 0 amide bonds. The molecular formula is C5H9O4S. The van der Waals surface area contributed by atoms with Crippen molar-refractivity contribution in [3.8, 4) is 0 Å². The molecule has 1 saturated carbocycles. The highest BCUT2D eigenvalue weighted by Crippen LogP contribution is 2.24. The van der Waals surface area contributed by atoms with E-state index in [0.29, 0.717) is 12.8 Å². The third-order valence-electron chi connectivity index (χ3n) is 1.36. The van der Waals surface area contributed by atoms with Crippen LogP contribution >= 0.6 is 0 Å². The Morgan fingerprint density at radius 1 is 1.40 bits per heavy atom. The Balaban J connectivity index is 2.30. The fourth-order valence-corrected chi connectivity index (χ4v) is 1.49. The molecule has 1 radical (unpaired) electrons. The van der Waals surface area contributed by atoms with E-state index in [9.17, 15) is 13.5 Å². The first-order valence-corrected chi connectivity index (χ1v) is 4.83. The van der Waals surface area contributed by atoms with E-state index in [1.807, 2.05) is 0 Å². The van der Waals surface area contributed by atoms with Crippen LogP contribution in [0.25, 0.3) is 0 Å². The summed E-state index contributed by atoms with van der Waals surface area (Å²) in [6.07, 6.45) is 0.676. The van der Waals surface area contributed by atoms with Crippen LogP contribution in [0, 0.1) is 0 Å². The van der Waals surface area contributed by atoms with Crippen molar-refractivity contribution in [3.63, 3.8) is 0 Å². The maximum Gasteiger partial charge on any atom is 0.264 e. The maximum atomic E-state index is 10.4. The van der Waals surface area contributed by atoms with Crippen LogP contribution in [0.15, 0.2) is 0 Å². The molecule has 0 spiro atoms. The van der Waals surface area contributed by atoms with Gasteiger partial charge in [-0.3, -0.25) is 4.18 Å². The van der Waals surface area contributed by atoms with Gasteiger partial charge in [0.25, 0.3) is 10.1 Å². The van der Waals surface area contributed by atoms with Crippen LogP contribution in [0.5, 0.6) is 0 Å². The Bertz CT molecular complexity index is 202. The lowest BCUT2D eigenvalue weighted by Gasteiger charge is -2.27. The topological polar surface area (TPSA) is 63.3 Å². The molecule has 0 unspecified atom stereocenters. The largest absolute Gasteiger partial charge is 0.267 e. The summed E-state index contributed by atoms with van der Waals surface area (Å²) in [5.41, 5.74) is 0. The molecule has 1 aliphatic carbocycles. The van der Waals surface area contributed by atoms with Crippen molar-refractivity contribution in [2.75, 3.05) is 6.26 Å². The quantitative estimate of drug-likeness (QED) is 0.538. The molecule has 0 aromatic heterocycles. The monoisotopic (exact) mass is 165 g/mol. The van der Waals surface area contributed by atoms with Crippen LogP contribution in [0.4, 0.5) is 0 Å². The van der Waals surface area contributed by atoms with Crippen molar-refractivity contribution < 1.29 is 17.7 Å². The summed E-state index contributed by atoms with van der Waals surface area (Å²) in [6, 6.07) is 0. The van der Waals surface area contributed by atoms with Gasteiger partial charge in [0.15, 0.2) is 0 Å². The fraction of sp³-hybridized carbons (Fsp3) is 1.00. The first-order chi connectivity index (χ1) is 4.47. The minimum atomic E-state index is -3.35. The molecule has 1 fully saturated rings. The van der Waals surface area contributed by atoms with Gasteiger partial charge in [0.2, 0.25) is 0 Å². The van der Waals surface area contributed by atoms with E-state index in [-0.39, 0.29) is 6.10 Å². The minimum absolute atomic E-state index is 0.326. The molecule has 1 rings (SSSR count). The SMILES string of the molecule is CS(=O)(=O)OC1CC([O])C1. The molecule has 0 aromatic carbocycles. The fourth-order valence-electron chi connectivity index (χ4n) is 0.843. The van der Waals surface area contributed by atoms with E-state index in [4.69, 9.17) is 0 Å². The van der Waals surface area contributed by atoms with Crippen LogP contribution in [0.1, 0.15) is 12.8 Å². The Morgan fingerprint density at radius 3 is 2.20 bits per heavy atom. The molecular weight excluding hydrogens is 156 g/mol. The molecule has 0 atom stereocenters. The van der Waals surface area contributed by atoms with Crippen LogP contribution in [-0.4, -0.2) is 26.9 Å². The van der Waals surface area contributed by atoms with E-state index in [1.54, 1.807) is 0 Å². The van der Waals surface area contributed by atoms with Crippen molar-refractivity contribution in [1.82, 2.24) is 0 Å². The van der Waals surface area contributed by atoms with E-state index in [2.05, 4.69) is 4.18 Å². The molecule has 0 aliphatic heterocycles. The van der Waals surface area contributed by atoms with Gasteiger partial charge >= 0.3 is 0 Å². The molecule has 0 aromatic rings. The lowest BCUT2D eigenvalue weighted by molar-refractivity contribution is -0.0483. The summed E-state index contributed by atoms with van der Waals surface area (Å²) >= 11 is 0. The zero-order valence-electron chi connectivity index (χ0n) is 5.61. The Hall–Kier alpha value is -0.130. The molecule has 59 valence electrons. The minimum Gasteiger partial charge on any atom is -0.267 e. The second-order valence-corrected chi connectivity index (χ2v) is 4.12. The summed E-state index contributed by atoms with van der Waals surface area (Å²) in [4.78, 5) is 0. The van der Waals surface area contributed by atoms with Crippen molar-refractivity contribution in [1.29, 1.82) is 0 Å². The number of hydrogen-bond donors (Lipinski definition) is 0. The molecule has 4 nitrogen and oxygen atoms in total. The molecule has 0 bridgehead atoms. The normalized spacial score (nSPS) is 33.4. The molecule has 0 heterocycles. The lowest BCUT2D eigenvalue weighted by Crippen LogP contribution is -2.35. The standard InChI is InChI=1S/C5H9O4S/c1-10(7,8)9-5-2-4(6)3-5/h4-5H,2-3H2,1H3. The van der Waals surface area contributed by atoms with Gasteiger partial charge in [0.05, 0.1) is 18.5 Å². The number of rotatable bonds is 2. The highest BCUT2D eigenvalue weighted by molar-refractivity contribution is 7.86. The van der Waals surface area contributed by atoms with Gasteiger partial charge < -0.3 is 0 Å². The van der Waals surface area contributed by atoms with Gasteiger partial charge in [-0.15, -0.1) is 0 Å². The smallest absolute Gasteiger partial charge is 0.264 e. The zero-order valence-corrected chi connectivity index (χ0v) is 6.43. The maximum absolute atomic E-state index is 10.4. The second-order valence-electron chi connectivity index (χ2n) is 2.52. The Labute approximate surface area is 59.9 Å². The summed E-state index contributed by atoms with van der Waals surface area (Å²) in [6.45, 7) is 0. The highest BCUT2D eigenvalue weighted by Gasteiger charge is 2.32. The average Bonchev–Trinajstić information content (AvgIpc) is 1.57. The van der Waals surface area contributed by atoms with Crippen LogP contribution in [0.2, 0.25) is 0 Å². The van der Waals surface area contributed by atoms with Crippen LogP contribution in [-0.2, 0) is 19.4 Å². The lowest BCUT2D eigenvalue weighted by atomic mass is 9.93. The highest BCUT2D eigenvalue weighted by atomic mass is 32.2. The van der Waals surface area contributed by atoms with Gasteiger partial charge in [-0.1, -0.05) is 0 Å². The van der Waals surface area contributed by atoms with Crippen molar-refractivity contribution >= 4 is 10.1 Å². The first kappa shape index (κ1) is 7.97. The Morgan fingerprint density at radius 2 is 1.90 bits per heavy atom. The van der Waals surface area contributed by atoms with Gasteiger partial charge in [-0.25, -0.2) is 5.11 Å². The van der Waals surface area contributed by atoms with Crippen molar-refractivity contribution in [2.45, 2.75) is 25.0 Å². The summed E-state index contributed by atoms with van der Waals surface area (Å²) < 4.78 is 25.3. The van der Waals surface area contributed by atoms with Gasteiger partial charge in [-0.05, 0) is 0 Å². The summed E-state index contributed by atoms with van der Waals surface area (Å²) in [5, 5.41) is 10.4. The zero-order chi connectivity index (χ0) is 7.78. The van der Waals surface area contributed by atoms with E-state index >= 15 is 0 Å². The average molecular weight is 165 g/mol. The second kappa shape index (κ2) is 2.48. The van der Waals surface area contributed by atoms with Crippen LogP contribution in [0.3, 0.4) is 0 Å². The predicted octanol–water partition coefficient (Wildman–Crippen LogP) is -0.0759. The summed E-state index contributed by atoms with van der Waals surface area (Å²) in [7, 11) is -3.35. The summed E-state index contributed by atoms with van der Waals surface area (Å²) in [5.74, 6) is 0. The molecule has 10 heavy (non-hydrogen) atoms.